The third kappa shape index (κ3) is 4.41. The number of carbonyl (C=O) groups excluding carboxylic acids is 1. The molecule has 0 radical (unpaired) electrons. The first-order chi connectivity index (χ1) is 14.0. The first-order valence-electron chi connectivity index (χ1n) is 9.09. The summed E-state index contributed by atoms with van der Waals surface area (Å²) in [7, 11) is -2.14. The average molecular weight is 410 g/mol. The van der Waals surface area contributed by atoms with E-state index in [9.17, 15) is 13.2 Å². The molecular formula is C22H22N2O4S. The van der Waals surface area contributed by atoms with Gasteiger partial charge in [0.1, 0.15) is 5.75 Å². The van der Waals surface area contributed by atoms with Gasteiger partial charge in [0.25, 0.3) is 15.9 Å². The Morgan fingerprint density at radius 3 is 2.17 bits per heavy atom. The predicted molar refractivity (Wildman–Crippen MR) is 114 cm³/mol. The molecule has 29 heavy (non-hydrogen) atoms. The molecule has 0 saturated heterocycles. The van der Waals surface area contributed by atoms with Gasteiger partial charge in [-0.25, -0.2) is 8.42 Å². The predicted octanol–water partition coefficient (Wildman–Crippen LogP) is 4.16. The maximum absolute atomic E-state index is 12.9. The lowest BCUT2D eigenvalue weighted by Crippen LogP contribution is -2.30. The zero-order valence-electron chi connectivity index (χ0n) is 16.2. The minimum Gasteiger partial charge on any atom is -0.495 e. The molecule has 0 aliphatic carbocycles. The second-order valence-corrected chi connectivity index (χ2v) is 8.05. The Hall–Kier alpha value is -3.32. The number of ether oxygens (including phenoxy) is 1. The van der Waals surface area contributed by atoms with Crippen molar-refractivity contribution in [3.8, 4) is 5.75 Å². The standard InChI is InChI=1S/C22H22N2O4S/c1-3-24(29(26,27)19-9-5-4-6-10-19)18-15-13-17(14-16-18)22(25)23-20-11-7-8-12-21(20)28-2/h4-16H,3H2,1-2H3,(H,23,25). The van der Waals surface area contributed by atoms with Crippen molar-refractivity contribution in [2.45, 2.75) is 11.8 Å². The molecule has 3 aromatic carbocycles. The highest BCUT2D eigenvalue weighted by Crippen LogP contribution is 2.26. The number of rotatable bonds is 7. The fourth-order valence-corrected chi connectivity index (χ4v) is 4.43. The molecule has 1 amide bonds. The molecule has 3 aromatic rings. The van der Waals surface area contributed by atoms with Crippen molar-refractivity contribution >= 4 is 27.3 Å². The van der Waals surface area contributed by atoms with Crippen molar-refractivity contribution in [2.75, 3.05) is 23.3 Å². The Morgan fingerprint density at radius 1 is 0.931 bits per heavy atom. The molecule has 0 atom stereocenters. The van der Waals surface area contributed by atoms with Gasteiger partial charge in [-0.1, -0.05) is 30.3 Å². The van der Waals surface area contributed by atoms with E-state index in [4.69, 9.17) is 4.74 Å². The molecule has 1 N–H and O–H groups in total. The SMILES string of the molecule is CCN(c1ccc(C(=O)Nc2ccccc2OC)cc1)S(=O)(=O)c1ccccc1. The number of nitrogens with one attached hydrogen (secondary N) is 1. The highest BCUT2D eigenvalue weighted by Gasteiger charge is 2.23. The lowest BCUT2D eigenvalue weighted by atomic mass is 10.2. The molecule has 0 saturated carbocycles. The monoisotopic (exact) mass is 410 g/mol. The summed E-state index contributed by atoms with van der Waals surface area (Å²) in [6.45, 7) is 2.03. The van der Waals surface area contributed by atoms with E-state index in [1.54, 1.807) is 79.7 Å². The van der Waals surface area contributed by atoms with Gasteiger partial charge in [0, 0.05) is 12.1 Å². The molecule has 0 spiro atoms. The summed E-state index contributed by atoms with van der Waals surface area (Å²) in [5.74, 6) is 0.249. The van der Waals surface area contributed by atoms with Crippen LogP contribution in [0, 0.1) is 0 Å². The number of sulfonamides is 1. The largest absolute Gasteiger partial charge is 0.495 e. The van der Waals surface area contributed by atoms with Crippen LogP contribution in [0.25, 0.3) is 0 Å². The van der Waals surface area contributed by atoms with Crippen LogP contribution in [-0.4, -0.2) is 28.0 Å². The number of benzene rings is 3. The number of methoxy groups -OCH3 is 1. The second-order valence-electron chi connectivity index (χ2n) is 6.18. The van der Waals surface area contributed by atoms with E-state index in [1.165, 1.54) is 11.4 Å². The Kier molecular flexibility index (Phi) is 6.19. The molecule has 0 unspecified atom stereocenters. The van der Waals surface area contributed by atoms with Gasteiger partial charge in [-0.15, -0.1) is 0 Å². The summed E-state index contributed by atoms with van der Waals surface area (Å²) >= 11 is 0. The quantitative estimate of drug-likeness (QED) is 0.635. The molecule has 0 fully saturated rings. The van der Waals surface area contributed by atoms with Crippen LogP contribution in [0.5, 0.6) is 5.75 Å². The van der Waals surface area contributed by atoms with E-state index in [0.29, 0.717) is 22.7 Å². The smallest absolute Gasteiger partial charge is 0.264 e. The van der Waals surface area contributed by atoms with Crippen LogP contribution in [0.4, 0.5) is 11.4 Å². The molecule has 0 aliphatic rings. The second kappa shape index (κ2) is 8.79. The molecule has 150 valence electrons. The Labute approximate surface area is 170 Å². The molecule has 0 heterocycles. The van der Waals surface area contributed by atoms with Crippen LogP contribution in [0.3, 0.4) is 0 Å². The van der Waals surface area contributed by atoms with E-state index in [-0.39, 0.29) is 17.3 Å². The summed E-state index contributed by atoms with van der Waals surface area (Å²) < 4.78 is 32.4. The van der Waals surface area contributed by atoms with Gasteiger partial charge in [0.15, 0.2) is 0 Å². The van der Waals surface area contributed by atoms with Crippen LogP contribution in [0.2, 0.25) is 0 Å². The van der Waals surface area contributed by atoms with Crippen LogP contribution in [-0.2, 0) is 10.0 Å². The summed E-state index contributed by atoms with van der Waals surface area (Å²) in [4.78, 5) is 12.8. The van der Waals surface area contributed by atoms with Gasteiger partial charge < -0.3 is 10.1 Å². The molecule has 3 rings (SSSR count). The van der Waals surface area contributed by atoms with Crippen molar-refractivity contribution in [3.63, 3.8) is 0 Å². The lowest BCUT2D eigenvalue weighted by Gasteiger charge is -2.23. The fourth-order valence-electron chi connectivity index (χ4n) is 2.93. The lowest BCUT2D eigenvalue weighted by molar-refractivity contribution is 0.102. The average Bonchev–Trinajstić information content (AvgIpc) is 2.75. The summed E-state index contributed by atoms with van der Waals surface area (Å²) in [6.07, 6.45) is 0. The summed E-state index contributed by atoms with van der Waals surface area (Å²) in [6, 6.07) is 21.8. The number of hydrogen-bond donors (Lipinski definition) is 1. The van der Waals surface area contributed by atoms with Crippen LogP contribution < -0.4 is 14.4 Å². The van der Waals surface area contributed by atoms with E-state index in [0.717, 1.165) is 0 Å². The van der Waals surface area contributed by atoms with E-state index >= 15 is 0 Å². The highest BCUT2D eigenvalue weighted by atomic mass is 32.2. The summed E-state index contributed by atoms with van der Waals surface area (Å²) in [5.41, 5.74) is 1.46. The molecule has 7 heteroatoms. The molecule has 6 nitrogen and oxygen atoms in total. The Balaban J connectivity index is 1.82. The van der Waals surface area contributed by atoms with Crippen molar-refractivity contribution in [1.82, 2.24) is 0 Å². The first-order valence-corrected chi connectivity index (χ1v) is 10.5. The van der Waals surface area contributed by atoms with Crippen molar-refractivity contribution in [2.24, 2.45) is 0 Å². The maximum Gasteiger partial charge on any atom is 0.264 e. The zero-order chi connectivity index (χ0) is 20.9. The topological polar surface area (TPSA) is 75.7 Å². The highest BCUT2D eigenvalue weighted by molar-refractivity contribution is 7.92. The number of para-hydroxylation sites is 2. The van der Waals surface area contributed by atoms with Gasteiger partial charge in [0.05, 0.1) is 23.4 Å². The Morgan fingerprint density at radius 2 is 1.55 bits per heavy atom. The van der Waals surface area contributed by atoms with Crippen LogP contribution >= 0.6 is 0 Å². The molecule has 0 bridgehead atoms. The van der Waals surface area contributed by atoms with Crippen molar-refractivity contribution < 1.29 is 17.9 Å². The Bertz CT molecular complexity index is 1080. The number of carbonyl (C=O) groups is 1. The van der Waals surface area contributed by atoms with Gasteiger partial charge in [-0.05, 0) is 55.5 Å². The molecule has 0 aromatic heterocycles. The zero-order valence-corrected chi connectivity index (χ0v) is 17.0. The maximum atomic E-state index is 12.9. The number of amides is 1. The van der Waals surface area contributed by atoms with Gasteiger partial charge in [-0.3, -0.25) is 9.10 Å². The van der Waals surface area contributed by atoms with E-state index in [2.05, 4.69) is 5.32 Å². The minimum atomic E-state index is -3.68. The number of hydrogen-bond acceptors (Lipinski definition) is 4. The van der Waals surface area contributed by atoms with Gasteiger partial charge in [-0.2, -0.15) is 0 Å². The molecule has 0 aliphatic heterocycles. The number of nitrogens with zero attached hydrogens (tertiary/aromatic N) is 1. The number of anilines is 2. The van der Waals surface area contributed by atoms with Gasteiger partial charge >= 0.3 is 0 Å². The van der Waals surface area contributed by atoms with E-state index < -0.39 is 10.0 Å². The summed E-state index contributed by atoms with van der Waals surface area (Å²) in [5, 5.41) is 2.80. The molecular weight excluding hydrogens is 388 g/mol. The van der Waals surface area contributed by atoms with Crippen LogP contribution in [0.1, 0.15) is 17.3 Å². The third-order valence-corrected chi connectivity index (χ3v) is 6.31. The van der Waals surface area contributed by atoms with Crippen molar-refractivity contribution in [3.05, 3.63) is 84.4 Å². The third-order valence-electron chi connectivity index (χ3n) is 4.39. The van der Waals surface area contributed by atoms with Gasteiger partial charge in [0.2, 0.25) is 0 Å². The van der Waals surface area contributed by atoms with Crippen LogP contribution in [0.15, 0.2) is 83.8 Å². The van der Waals surface area contributed by atoms with E-state index in [1.807, 2.05) is 6.07 Å². The minimum absolute atomic E-state index is 0.222. The normalized spacial score (nSPS) is 11.0. The fraction of sp³-hybridized carbons (Fsp3) is 0.136. The first kappa shape index (κ1) is 20.4. The van der Waals surface area contributed by atoms with Crippen molar-refractivity contribution in [1.29, 1.82) is 0 Å².